The van der Waals surface area contributed by atoms with E-state index < -0.39 is 0 Å². The van der Waals surface area contributed by atoms with E-state index in [4.69, 9.17) is 4.74 Å². The van der Waals surface area contributed by atoms with Gasteiger partial charge in [-0.25, -0.2) is 0 Å². The van der Waals surface area contributed by atoms with Gasteiger partial charge in [0.15, 0.2) is 0 Å². The van der Waals surface area contributed by atoms with Gasteiger partial charge in [-0.05, 0) is 35.4 Å². The fourth-order valence-electron chi connectivity index (χ4n) is 3.53. The largest absolute Gasteiger partial charge is 0.489 e. The molecule has 2 nitrogen and oxygen atoms in total. The first kappa shape index (κ1) is 15.9. The molecule has 0 spiro atoms. The lowest BCUT2D eigenvalue weighted by atomic mass is 9.99. The molecule has 1 unspecified atom stereocenters. The van der Waals surface area contributed by atoms with E-state index in [0.717, 1.165) is 18.8 Å². The van der Waals surface area contributed by atoms with Crippen LogP contribution in [-0.4, -0.2) is 6.54 Å². The lowest BCUT2D eigenvalue weighted by Gasteiger charge is -2.26. The van der Waals surface area contributed by atoms with Crippen LogP contribution in [0.2, 0.25) is 0 Å². The second kappa shape index (κ2) is 7.54. The number of quaternary nitrogens is 1. The van der Waals surface area contributed by atoms with Crippen LogP contribution in [0.25, 0.3) is 0 Å². The molecule has 4 rings (SSSR count). The molecular formula is C23H24NO+. The number of ether oxygens (including phenoxy) is 1. The van der Waals surface area contributed by atoms with Crippen LogP contribution in [0.5, 0.6) is 5.75 Å². The molecule has 1 aliphatic heterocycles. The standard InChI is InChI=1S/C23H23NO/c1-2-6-20(7-3-1)18-25-23-12-10-19(11-13-23)16-24-15-14-21-8-4-5-9-22(21)17-24/h1-13H,14-18H2/p+1. The highest BCUT2D eigenvalue weighted by molar-refractivity contribution is 5.29. The third kappa shape index (κ3) is 4.09. The van der Waals surface area contributed by atoms with Gasteiger partial charge in [0.05, 0.1) is 6.54 Å². The Bertz CT molecular complexity index is 811. The van der Waals surface area contributed by atoms with Crippen molar-refractivity contribution in [1.29, 1.82) is 0 Å². The molecule has 0 saturated heterocycles. The second-order valence-corrected chi connectivity index (χ2v) is 6.79. The van der Waals surface area contributed by atoms with Gasteiger partial charge in [0.2, 0.25) is 0 Å². The van der Waals surface area contributed by atoms with Gasteiger partial charge < -0.3 is 9.64 Å². The molecule has 0 saturated carbocycles. The van der Waals surface area contributed by atoms with E-state index in [1.165, 1.54) is 35.2 Å². The quantitative estimate of drug-likeness (QED) is 0.757. The number of rotatable bonds is 5. The van der Waals surface area contributed by atoms with Gasteiger partial charge in [-0.15, -0.1) is 0 Å². The van der Waals surface area contributed by atoms with Crippen molar-refractivity contribution in [3.05, 3.63) is 101 Å². The van der Waals surface area contributed by atoms with Crippen molar-refractivity contribution >= 4 is 0 Å². The predicted molar refractivity (Wildman–Crippen MR) is 101 cm³/mol. The van der Waals surface area contributed by atoms with Crippen molar-refractivity contribution in [2.75, 3.05) is 6.54 Å². The maximum atomic E-state index is 5.88. The summed E-state index contributed by atoms with van der Waals surface area (Å²) < 4.78 is 5.88. The molecule has 0 radical (unpaired) electrons. The Morgan fingerprint density at radius 3 is 2.24 bits per heavy atom. The van der Waals surface area contributed by atoms with Crippen molar-refractivity contribution in [1.82, 2.24) is 0 Å². The Hall–Kier alpha value is -2.58. The number of benzene rings is 3. The monoisotopic (exact) mass is 330 g/mol. The SMILES string of the molecule is c1ccc(COc2ccc(C[NH+]3CCc4ccccc4C3)cc2)cc1. The lowest BCUT2D eigenvalue weighted by molar-refractivity contribution is -0.929. The number of hydrogen-bond donors (Lipinski definition) is 1. The first-order valence-electron chi connectivity index (χ1n) is 9.03. The van der Waals surface area contributed by atoms with E-state index >= 15 is 0 Å². The van der Waals surface area contributed by atoms with E-state index in [0.29, 0.717) is 6.61 Å². The average Bonchev–Trinajstić information content (AvgIpc) is 2.68. The number of nitrogens with one attached hydrogen (secondary N) is 1. The Morgan fingerprint density at radius 1 is 0.720 bits per heavy atom. The Kier molecular flexibility index (Phi) is 4.80. The maximum Gasteiger partial charge on any atom is 0.119 e. The fourth-order valence-corrected chi connectivity index (χ4v) is 3.53. The highest BCUT2D eigenvalue weighted by atomic mass is 16.5. The summed E-state index contributed by atoms with van der Waals surface area (Å²) in [6, 6.07) is 27.7. The molecular weight excluding hydrogens is 306 g/mol. The van der Waals surface area contributed by atoms with Crippen LogP contribution in [0.3, 0.4) is 0 Å². The third-order valence-electron chi connectivity index (χ3n) is 4.93. The molecule has 0 aromatic heterocycles. The molecule has 126 valence electrons. The Labute approximate surface area is 149 Å². The highest BCUT2D eigenvalue weighted by Gasteiger charge is 2.18. The smallest absolute Gasteiger partial charge is 0.119 e. The molecule has 0 fully saturated rings. The topological polar surface area (TPSA) is 13.7 Å². The summed E-state index contributed by atoms with van der Waals surface area (Å²) in [7, 11) is 0. The van der Waals surface area contributed by atoms with E-state index in [1.807, 2.05) is 18.2 Å². The van der Waals surface area contributed by atoms with E-state index in [1.54, 1.807) is 4.90 Å². The minimum atomic E-state index is 0.619. The lowest BCUT2D eigenvalue weighted by Crippen LogP contribution is -3.10. The van der Waals surface area contributed by atoms with Gasteiger partial charge in [0.1, 0.15) is 25.4 Å². The summed E-state index contributed by atoms with van der Waals surface area (Å²) in [5, 5.41) is 0. The van der Waals surface area contributed by atoms with Crippen LogP contribution >= 0.6 is 0 Å². The summed E-state index contributed by atoms with van der Waals surface area (Å²) in [5.74, 6) is 0.937. The first-order chi connectivity index (χ1) is 12.4. The van der Waals surface area contributed by atoms with Crippen LogP contribution in [-0.2, 0) is 26.1 Å². The van der Waals surface area contributed by atoms with Gasteiger partial charge in [-0.1, -0.05) is 54.6 Å². The molecule has 0 bridgehead atoms. The third-order valence-corrected chi connectivity index (χ3v) is 4.93. The van der Waals surface area contributed by atoms with Crippen LogP contribution in [0.4, 0.5) is 0 Å². The molecule has 0 amide bonds. The summed E-state index contributed by atoms with van der Waals surface area (Å²) in [6.07, 6.45) is 1.18. The molecule has 3 aromatic rings. The summed E-state index contributed by atoms with van der Waals surface area (Å²) in [6.45, 7) is 4.04. The van der Waals surface area contributed by atoms with E-state index in [9.17, 15) is 0 Å². The van der Waals surface area contributed by atoms with Gasteiger partial charge in [0.25, 0.3) is 0 Å². The van der Waals surface area contributed by atoms with Crippen molar-refractivity contribution in [2.24, 2.45) is 0 Å². The first-order valence-corrected chi connectivity index (χ1v) is 9.03. The van der Waals surface area contributed by atoms with Crippen LogP contribution in [0, 0.1) is 0 Å². The molecule has 0 aliphatic carbocycles. The van der Waals surface area contributed by atoms with Crippen molar-refractivity contribution in [3.8, 4) is 5.75 Å². The average molecular weight is 330 g/mol. The van der Waals surface area contributed by atoms with E-state index in [-0.39, 0.29) is 0 Å². The van der Waals surface area contributed by atoms with E-state index in [2.05, 4.69) is 60.7 Å². The number of hydrogen-bond acceptors (Lipinski definition) is 1. The molecule has 25 heavy (non-hydrogen) atoms. The maximum absolute atomic E-state index is 5.88. The van der Waals surface area contributed by atoms with Gasteiger partial charge in [-0.3, -0.25) is 0 Å². The zero-order valence-electron chi connectivity index (χ0n) is 14.4. The van der Waals surface area contributed by atoms with Crippen molar-refractivity contribution in [3.63, 3.8) is 0 Å². The normalized spacial score (nSPS) is 16.2. The van der Waals surface area contributed by atoms with Crippen molar-refractivity contribution < 1.29 is 9.64 Å². The molecule has 2 heteroatoms. The van der Waals surface area contributed by atoms with Crippen molar-refractivity contribution in [2.45, 2.75) is 26.1 Å². The van der Waals surface area contributed by atoms with Crippen LogP contribution < -0.4 is 9.64 Å². The Balaban J connectivity index is 1.33. The summed E-state index contributed by atoms with van der Waals surface area (Å²) in [5.41, 5.74) is 5.60. The molecule has 3 aromatic carbocycles. The fraction of sp³-hybridized carbons (Fsp3) is 0.217. The summed E-state index contributed by atoms with van der Waals surface area (Å²) in [4.78, 5) is 1.64. The minimum Gasteiger partial charge on any atom is -0.489 e. The zero-order chi connectivity index (χ0) is 16.9. The zero-order valence-corrected chi connectivity index (χ0v) is 14.4. The predicted octanol–water partition coefficient (Wildman–Crippen LogP) is 3.41. The van der Waals surface area contributed by atoms with Gasteiger partial charge in [-0.2, -0.15) is 0 Å². The van der Waals surface area contributed by atoms with Gasteiger partial charge in [0, 0.05) is 17.5 Å². The summed E-state index contributed by atoms with van der Waals surface area (Å²) >= 11 is 0. The Morgan fingerprint density at radius 2 is 1.44 bits per heavy atom. The molecule has 1 heterocycles. The second-order valence-electron chi connectivity index (χ2n) is 6.79. The molecule has 1 aliphatic rings. The molecule has 1 atom stereocenters. The minimum absolute atomic E-state index is 0.619. The van der Waals surface area contributed by atoms with Gasteiger partial charge >= 0.3 is 0 Å². The highest BCUT2D eigenvalue weighted by Crippen LogP contribution is 2.15. The van der Waals surface area contributed by atoms with Crippen LogP contribution in [0.15, 0.2) is 78.9 Å². The van der Waals surface area contributed by atoms with Crippen LogP contribution in [0.1, 0.15) is 22.3 Å². The molecule has 1 N–H and O–H groups in total. The number of fused-ring (bicyclic) bond motifs is 1.